The maximum Gasteiger partial charge on any atom is 0.199 e. The number of pyridine rings is 1. The van der Waals surface area contributed by atoms with Crippen molar-refractivity contribution < 1.29 is 13.2 Å². The fourth-order valence-electron chi connectivity index (χ4n) is 2.66. The van der Waals surface area contributed by atoms with Gasteiger partial charge in [-0.25, -0.2) is 13.4 Å². The van der Waals surface area contributed by atoms with Crippen LogP contribution in [0.2, 0.25) is 5.15 Å². The van der Waals surface area contributed by atoms with Gasteiger partial charge in [0.05, 0.1) is 19.0 Å². The number of ether oxygens (including phenoxy) is 1. The molecule has 1 saturated heterocycles. The van der Waals surface area contributed by atoms with E-state index >= 15 is 0 Å². The molecule has 1 aromatic carbocycles. The lowest BCUT2D eigenvalue weighted by Gasteiger charge is -2.29. The first kappa shape index (κ1) is 16.2. The number of rotatable bonds is 4. The lowest BCUT2D eigenvalue weighted by Crippen LogP contribution is -2.36. The Labute approximate surface area is 140 Å². The third-order valence-corrected chi connectivity index (χ3v) is 5.53. The average molecular weight is 353 g/mol. The second-order valence-electron chi connectivity index (χ2n) is 5.33. The Kier molecular flexibility index (Phi) is 4.57. The highest BCUT2D eigenvalue weighted by Gasteiger charge is 2.20. The number of sulfone groups is 1. The number of aromatic nitrogens is 1. The van der Waals surface area contributed by atoms with Gasteiger partial charge in [-0.3, -0.25) is 0 Å². The highest BCUT2D eigenvalue weighted by Crippen LogP contribution is 2.29. The van der Waals surface area contributed by atoms with Crippen molar-refractivity contribution >= 4 is 37.9 Å². The van der Waals surface area contributed by atoms with Crippen LogP contribution >= 0.6 is 11.6 Å². The summed E-state index contributed by atoms with van der Waals surface area (Å²) in [6, 6.07) is 7.38. The fourth-order valence-corrected chi connectivity index (χ4v) is 4.13. The summed E-state index contributed by atoms with van der Waals surface area (Å²) in [7, 11) is -3.56. The van der Waals surface area contributed by atoms with Gasteiger partial charge in [-0.15, -0.1) is 6.58 Å². The Morgan fingerprint density at radius 3 is 2.74 bits per heavy atom. The van der Waals surface area contributed by atoms with E-state index < -0.39 is 9.84 Å². The van der Waals surface area contributed by atoms with Crippen LogP contribution in [0, 0.1) is 0 Å². The summed E-state index contributed by atoms with van der Waals surface area (Å²) in [6.07, 6.45) is 1.36. The molecular formula is C16H17ClN2O3S. The molecular weight excluding hydrogens is 336 g/mol. The summed E-state index contributed by atoms with van der Waals surface area (Å²) in [5.41, 5.74) is 0.958. The number of halogens is 1. The van der Waals surface area contributed by atoms with Crippen molar-refractivity contribution in [3.63, 3.8) is 0 Å². The van der Waals surface area contributed by atoms with Crippen molar-refractivity contribution in [1.82, 2.24) is 4.98 Å². The number of hydrogen-bond donors (Lipinski definition) is 0. The molecule has 0 atom stereocenters. The first-order chi connectivity index (χ1) is 11.0. The van der Waals surface area contributed by atoms with Crippen molar-refractivity contribution in [1.29, 1.82) is 0 Å². The van der Waals surface area contributed by atoms with E-state index in [1.54, 1.807) is 6.07 Å². The van der Waals surface area contributed by atoms with E-state index in [4.69, 9.17) is 16.3 Å². The molecule has 1 aromatic heterocycles. The van der Waals surface area contributed by atoms with Gasteiger partial charge >= 0.3 is 0 Å². The Balaban J connectivity index is 2.16. The van der Waals surface area contributed by atoms with Gasteiger partial charge in [-0.05, 0) is 23.6 Å². The zero-order valence-corrected chi connectivity index (χ0v) is 14.1. The van der Waals surface area contributed by atoms with E-state index in [9.17, 15) is 8.42 Å². The second kappa shape index (κ2) is 6.47. The minimum atomic E-state index is -3.56. The lowest BCUT2D eigenvalue weighted by atomic mass is 10.1. The number of benzene rings is 1. The van der Waals surface area contributed by atoms with E-state index in [-0.39, 0.29) is 15.9 Å². The summed E-state index contributed by atoms with van der Waals surface area (Å²) >= 11 is 5.99. The predicted octanol–water partition coefficient (Wildman–Crippen LogP) is 2.68. The van der Waals surface area contributed by atoms with Gasteiger partial charge in [0.1, 0.15) is 5.15 Å². The van der Waals surface area contributed by atoms with Gasteiger partial charge in [0, 0.05) is 24.2 Å². The van der Waals surface area contributed by atoms with Crippen LogP contribution < -0.4 is 4.90 Å². The SMILES string of the molecule is C=CCS(=O)(=O)c1nc(Cl)cc2ccc(N3CCOCC3)cc12. The van der Waals surface area contributed by atoms with E-state index in [1.165, 1.54) is 6.08 Å². The van der Waals surface area contributed by atoms with E-state index in [0.717, 1.165) is 24.2 Å². The number of hydrogen-bond acceptors (Lipinski definition) is 5. The van der Waals surface area contributed by atoms with Gasteiger partial charge in [0.2, 0.25) is 0 Å². The molecule has 1 aliphatic heterocycles. The van der Waals surface area contributed by atoms with Crippen LogP contribution in [0.4, 0.5) is 5.69 Å². The molecule has 0 spiro atoms. The van der Waals surface area contributed by atoms with E-state index in [2.05, 4.69) is 16.5 Å². The molecule has 23 heavy (non-hydrogen) atoms. The number of anilines is 1. The van der Waals surface area contributed by atoms with Crippen LogP contribution in [0.25, 0.3) is 10.8 Å². The van der Waals surface area contributed by atoms with Crippen molar-refractivity contribution in [2.75, 3.05) is 37.0 Å². The van der Waals surface area contributed by atoms with E-state index in [0.29, 0.717) is 18.6 Å². The van der Waals surface area contributed by atoms with Crippen LogP contribution in [0.3, 0.4) is 0 Å². The third kappa shape index (κ3) is 3.34. The largest absolute Gasteiger partial charge is 0.378 e. The molecule has 2 heterocycles. The van der Waals surface area contributed by atoms with Gasteiger partial charge in [0.25, 0.3) is 0 Å². The minimum Gasteiger partial charge on any atom is -0.378 e. The molecule has 0 saturated carbocycles. The van der Waals surface area contributed by atoms with Gasteiger partial charge < -0.3 is 9.64 Å². The Hall–Kier alpha value is -1.63. The van der Waals surface area contributed by atoms with Crippen LogP contribution in [-0.2, 0) is 14.6 Å². The topological polar surface area (TPSA) is 59.5 Å². The summed E-state index contributed by atoms with van der Waals surface area (Å²) < 4.78 is 30.3. The molecule has 7 heteroatoms. The molecule has 0 unspecified atom stereocenters. The minimum absolute atomic E-state index is 0.00927. The summed E-state index contributed by atoms with van der Waals surface area (Å²) in [4.78, 5) is 6.23. The number of nitrogens with zero attached hydrogens (tertiary/aromatic N) is 2. The Morgan fingerprint density at radius 2 is 2.04 bits per heavy atom. The molecule has 122 valence electrons. The maximum atomic E-state index is 12.5. The molecule has 0 amide bonds. The Morgan fingerprint density at radius 1 is 1.30 bits per heavy atom. The lowest BCUT2D eigenvalue weighted by molar-refractivity contribution is 0.122. The maximum absolute atomic E-state index is 12.5. The summed E-state index contributed by atoms with van der Waals surface area (Å²) in [5.74, 6) is -0.169. The molecule has 0 N–H and O–H groups in total. The molecule has 3 rings (SSSR count). The van der Waals surface area contributed by atoms with Crippen LogP contribution in [0.5, 0.6) is 0 Å². The monoisotopic (exact) mass is 352 g/mol. The smallest absolute Gasteiger partial charge is 0.199 e. The standard InChI is InChI=1S/C16H17ClN2O3S/c1-2-9-23(20,21)16-14-11-13(19-5-7-22-8-6-19)4-3-12(14)10-15(17)18-16/h2-4,10-11H,1,5-9H2. The number of morpholine rings is 1. The zero-order valence-electron chi connectivity index (χ0n) is 12.5. The van der Waals surface area contributed by atoms with Gasteiger partial charge in [0.15, 0.2) is 14.9 Å². The van der Waals surface area contributed by atoms with Gasteiger partial charge in [-0.1, -0.05) is 23.7 Å². The van der Waals surface area contributed by atoms with Gasteiger partial charge in [-0.2, -0.15) is 0 Å². The predicted molar refractivity (Wildman–Crippen MR) is 92.0 cm³/mol. The second-order valence-corrected chi connectivity index (χ2v) is 7.66. The molecule has 0 bridgehead atoms. The van der Waals surface area contributed by atoms with Crippen molar-refractivity contribution in [2.45, 2.75) is 5.03 Å². The zero-order chi connectivity index (χ0) is 16.4. The summed E-state index contributed by atoms with van der Waals surface area (Å²) in [6.45, 7) is 6.39. The van der Waals surface area contributed by atoms with Crippen molar-refractivity contribution in [2.24, 2.45) is 0 Å². The third-order valence-electron chi connectivity index (χ3n) is 3.76. The summed E-state index contributed by atoms with van der Waals surface area (Å²) in [5, 5.41) is 1.51. The quantitative estimate of drug-likeness (QED) is 0.625. The normalized spacial score (nSPS) is 15.8. The first-order valence-corrected chi connectivity index (χ1v) is 9.31. The van der Waals surface area contributed by atoms with Crippen LogP contribution in [0.15, 0.2) is 41.9 Å². The molecule has 1 fully saturated rings. The first-order valence-electron chi connectivity index (χ1n) is 7.28. The molecule has 0 aliphatic carbocycles. The fraction of sp³-hybridized carbons (Fsp3) is 0.312. The van der Waals surface area contributed by atoms with Crippen LogP contribution in [0.1, 0.15) is 0 Å². The molecule has 5 nitrogen and oxygen atoms in total. The van der Waals surface area contributed by atoms with Crippen molar-refractivity contribution in [3.8, 4) is 0 Å². The molecule has 0 radical (unpaired) electrons. The molecule has 2 aromatic rings. The highest BCUT2D eigenvalue weighted by atomic mass is 35.5. The van der Waals surface area contributed by atoms with Crippen molar-refractivity contribution in [3.05, 3.63) is 42.1 Å². The number of fused-ring (bicyclic) bond motifs is 1. The van der Waals surface area contributed by atoms with Crippen LogP contribution in [-0.4, -0.2) is 45.5 Å². The average Bonchev–Trinajstić information content (AvgIpc) is 2.54. The van der Waals surface area contributed by atoms with E-state index in [1.807, 2.05) is 18.2 Å². The molecule has 1 aliphatic rings. The highest BCUT2D eigenvalue weighted by molar-refractivity contribution is 7.91. The Bertz CT molecular complexity index is 846.